The predicted molar refractivity (Wildman–Crippen MR) is 97.9 cm³/mol. The molecule has 1 N–H and O–H groups in total. The van der Waals surface area contributed by atoms with Gasteiger partial charge in [-0.15, -0.1) is 0 Å². The number of aromatic nitrogens is 1. The topological polar surface area (TPSA) is 29.3 Å². The zero-order chi connectivity index (χ0) is 16.2. The van der Waals surface area contributed by atoms with Gasteiger partial charge in [0.1, 0.15) is 0 Å². The molecule has 116 valence electrons. The molecular weight excluding hydrogens is 306 g/mol. The molecule has 0 amide bonds. The number of benzene rings is 2. The van der Waals surface area contributed by atoms with Gasteiger partial charge in [0, 0.05) is 17.0 Å². The van der Waals surface area contributed by atoms with E-state index in [4.69, 9.17) is 11.6 Å². The lowest BCUT2D eigenvalue weighted by atomic mass is 10.2. The molecule has 0 radical (unpaired) electrons. The van der Waals surface area contributed by atoms with E-state index >= 15 is 0 Å². The van der Waals surface area contributed by atoms with Crippen molar-refractivity contribution in [2.45, 2.75) is 13.8 Å². The van der Waals surface area contributed by atoms with Gasteiger partial charge < -0.3 is 4.57 Å². The minimum atomic E-state index is 0.736. The van der Waals surface area contributed by atoms with Crippen LogP contribution in [0.3, 0.4) is 0 Å². The fraction of sp³-hybridized carbons (Fsp3) is 0.105. The molecule has 1 aromatic heterocycles. The van der Waals surface area contributed by atoms with Gasteiger partial charge in [-0.2, -0.15) is 5.10 Å². The molecule has 0 atom stereocenters. The first kappa shape index (κ1) is 15.4. The summed E-state index contributed by atoms with van der Waals surface area (Å²) in [5.74, 6) is 0. The molecule has 0 aliphatic heterocycles. The quantitative estimate of drug-likeness (QED) is 0.519. The van der Waals surface area contributed by atoms with Crippen molar-refractivity contribution in [3.63, 3.8) is 0 Å². The molecule has 1 heterocycles. The predicted octanol–water partition coefficient (Wildman–Crippen LogP) is 5.19. The molecule has 0 saturated heterocycles. The van der Waals surface area contributed by atoms with Crippen LogP contribution in [0, 0.1) is 13.8 Å². The first-order chi connectivity index (χ1) is 11.2. The van der Waals surface area contributed by atoms with Crippen LogP contribution in [-0.4, -0.2) is 10.8 Å². The van der Waals surface area contributed by atoms with Crippen LogP contribution in [0.1, 0.15) is 17.0 Å². The van der Waals surface area contributed by atoms with Crippen molar-refractivity contribution in [1.29, 1.82) is 0 Å². The average Bonchev–Trinajstić information content (AvgIpc) is 2.83. The Bertz CT molecular complexity index is 835. The van der Waals surface area contributed by atoms with Crippen molar-refractivity contribution in [3.8, 4) is 5.69 Å². The molecule has 4 heteroatoms. The molecule has 0 unspecified atom stereocenters. The summed E-state index contributed by atoms with van der Waals surface area (Å²) in [5.41, 5.74) is 8.27. The van der Waals surface area contributed by atoms with Crippen LogP contribution in [0.25, 0.3) is 5.69 Å². The highest BCUT2D eigenvalue weighted by molar-refractivity contribution is 6.32. The Hall–Kier alpha value is -2.52. The Morgan fingerprint density at radius 2 is 1.70 bits per heavy atom. The van der Waals surface area contributed by atoms with E-state index in [1.165, 1.54) is 0 Å². The normalized spacial score (nSPS) is 11.1. The van der Waals surface area contributed by atoms with Gasteiger partial charge in [-0.3, -0.25) is 5.43 Å². The Morgan fingerprint density at radius 1 is 1.00 bits per heavy atom. The van der Waals surface area contributed by atoms with Gasteiger partial charge in [-0.1, -0.05) is 41.9 Å². The number of anilines is 1. The summed E-state index contributed by atoms with van der Waals surface area (Å²) in [5, 5.41) is 5.06. The maximum atomic E-state index is 6.33. The van der Waals surface area contributed by atoms with E-state index in [0.29, 0.717) is 0 Å². The van der Waals surface area contributed by atoms with E-state index < -0.39 is 0 Å². The largest absolute Gasteiger partial charge is 0.316 e. The minimum absolute atomic E-state index is 0.736. The standard InChI is InChI=1S/C19H18ClN3/c1-14-12-16(13-21-22-17-8-4-3-5-9-17)15(2)23(14)19-11-7-6-10-18(19)20/h3-13,22H,1-2H3/b21-13-. The number of aryl methyl sites for hydroxylation is 1. The van der Waals surface area contributed by atoms with Crippen LogP contribution >= 0.6 is 11.6 Å². The molecule has 23 heavy (non-hydrogen) atoms. The van der Waals surface area contributed by atoms with Crippen LogP contribution in [0.5, 0.6) is 0 Å². The molecule has 0 fully saturated rings. The van der Waals surface area contributed by atoms with Crippen molar-refractivity contribution in [3.05, 3.63) is 82.6 Å². The van der Waals surface area contributed by atoms with Crippen LogP contribution in [0.2, 0.25) is 5.02 Å². The van der Waals surface area contributed by atoms with Crippen molar-refractivity contribution >= 4 is 23.5 Å². The van der Waals surface area contributed by atoms with E-state index in [9.17, 15) is 0 Å². The van der Waals surface area contributed by atoms with E-state index in [0.717, 1.165) is 33.3 Å². The number of hydrazone groups is 1. The van der Waals surface area contributed by atoms with Crippen molar-refractivity contribution in [2.75, 3.05) is 5.43 Å². The number of nitrogens with one attached hydrogen (secondary N) is 1. The fourth-order valence-corrected chi connectivity index (χ4v) is 2.83. The maximum Gasteiger partial charge on any atom is 0.0646 e. The zero-order valence-corrected chi connectivity index (χ0v) is 13.9. The molecular formula is C19H18ClN3. The van der Waals surface area contributed by atoms with Gasteiger partial charge in [-0.25, -0.2) is 0 Å². The molecule has 0 bridgehead atoms. The monoisotopic (exact) mass is 323 g/mol. The van der Waals surface area contributed by atoms with Gasteiger partial charge in [-0.05, 0) is 44.2 Å². The summed E-state index contributed by atoms with van der Waals surface area (Å²) in [6.45, 7) is 4.14. The van der Waals surface area contributed by atoms with Crippen molar-refractivity contribution in [2.24, 2.45) is 5.10 Å². The van der Waals surface area contributed by atoms with E-state index in [2.05, 4.69) is 35.0 Å². The molecule has 3 nitrogen and oxygen atoms in total. The van der Waals surface area contributed by atoms with Crippen LogP contribution in [0.15, 0.2) is 65.8 Å². The summed E-state index contributed by atoms with van der Waals surface area (Å²) >= 11 is 6.33. The number of hydrogen-bond donors (Lipinski definition) is 1. The first-order valence-corrected chi connectivity index (χ1v) is 7.82. The second-order valence-corrected chi connectivity index (χ2v) is 5.76. The van der Waals surface area contributed by atoms with Gasteiger partial charge in [0.2, 0.25) is 0 Å². The van der Waals surface area contributed by atoms with Crippen molar-refractivity contribution < 1.29 is 0 Å². The highest BCUT2D eigenvalue weighted by Gasteiger charge is 2.11. The fourth-order valence-electron chi connectivity index (χ4n) is 2.61. The van der Waals surface area contributed by atoms with E-state index in [1.807, 2.05) is 60.8 Å². The average molecular weight is 324 g/mol. The lowest BCUT2D eigenvalue weighted by molar-refractivity contribution is 0.965. The lowest BCUT2D eigenvalue weighted by Crippen LogP contribution is -2.00. The Morgan fingerprint density at radius 3 is 2.43 bits per heavy atom. The SMILES string of the molecule is Cc1cc(/C=N\Nc2ccccc2)c(C)n1-c1ccccc1Cl. The number of nitrogens with zero attached hydrogens (tertiary/aromatic N) is 2. The number of hydrogen-bond acceptors (Lipinski definition) is 2. The first-order valence-electron chi connectivity index (χ1n) is 7.45. The summed E-state index contributed by atoms with van der Waals surface area (Å²) < 4.78 is 2.15. The van der Waals surface area contributed by atoms with E-state index in [1.54, 1.807) is 0 Å². The number of rotatable bonds is 4. The Kier molecular flexibility index (Phi) is 4.49. The Balaban J connectivity index is 1.88. The van der Waals surface area contributed by atoms with Gasteiger partial charge in [0.05, 0.1) is 22.6 Å². The second-order valence-electron chi connectivity index (χ2n) is 5.35. The summed E-state index contributed by atoms with van der Waals surface area (Å²) in [6, 6.07) is 19.8. The zero-order valence-electron chi connectivity index (χ0n) is 13.1. The number of para-hydroxylation sites is 2. The molecule has 0 aliphatic rings. The van der Waals surface area contributed by atoms with Crippen molar-refractivity contribution in [1.82, 2.24) is 4.57 Å². The van der Waals surface area contributed by atoms with Gasteiger partial charge >= 0.3 is 0 Å². The van der Waals surface area contributed by atoms with Crippen LogP contribution in [0.4, 0.5) is 5.69 Å². The molecule has 3 rings (SSSR count). The molecule has 0 aliphatic carbocycles. The maximum absolute atomic E-state index is 6.33. The molecule has 2 aromatic carbocycles. The van der Waals surface area contributed by atoms with Gasteiger partial charge in [0.15, 0.2) is 0 Å². The van der Waals surface area contributed by atoms with Crippen LogP contribution < -0.4 is 5.43 Å². The molecule has 3 aromatic rings. The third kappa shape index (κ3) is 3.30. The lowest BCUT2D eigenvalue weighted by Gasteiger charge is -2.11. The summed E-state index contributed by atoms with van der Waals surface area (Å²) in [6.07, 6.45) is 1.84. The Labute approximate surface area is 141 Å². The van der Waals surface area contributed by atoms with Gasteiger partial charge in [0.25, 0.3) is 0 Å². The third-order valence-electron chi connectivity index (χ3n) is 3.73. The number of halogens is 1. The smallest absolute Gasteiger partial charge is 0.0646 e. The third-order valence-corrected chi connectivity index (χ3v) is 4.05. The molecule has 0 spiro atoms. The van der Waals surface area contributed by atoms with Crippen LogP contribution in [-0.2, 0) is 0 Å². The minimum Gasteiger partial charge on any atom is -0.316 e. The summed E-state index contributed by atoms with van der Waals surface area (Å²) in [7, 11) is 0. The molecule has 0 saturated carbocycles. The highest BCUT2D eigenvalue weighted by atomic mass is 35.5. The second kappa shape index (κ2) is 6.71. The summed E-state index contributed by atoms with van der Waals surface area (Å²) in [4.78, 5) is 0. The van der Waals surface area contributed by atoms with E-state index in [-0.39, 0.29) is 0 Å². The highest BCUT2D eigenvalue weighted by Crippen LogP contribution is 2.25.